The van der Waals surface area contributed by atoms with E-state index in [0.717, 1.165) is 44.4 Å². The Bertz CT molecular complexity index is 583. The molecular weight excluding hydrogens is 306 g/mol. The fourth-order valence-corrected chi connectivity index (χ4v) is 2.30. The summed E-state index contributed by atoms with van der Waals surface area (Å²) in [4.78, 5) is 34.3. The number of rotatable bonds is 6. The van der Waals surface area contributed by atoms with Crippen LogP contribution in [0.3, 0.4) is 0 Å². The molecule has 1 aliphatic rings. The molecule has 1 aliphatic heterocycles. The van der Waals surface area contributed by atoms with E-state index in [1.165, 1.54) is 0 Å². The number of benzene rings is 1. The molecule has 0 spiro atoms. The van der Waals surface area contributed by atoms with Crippen molar-refractivity contribution in [3.63, 3.8) is 0 Å². The molecule has 1 aromatic carbocycles. The Labute approximate surface area is 131 Å². The van der Waals surface area contributed by atoms with Gasteiger partial charge < -0.3 is 10.6 Å². The maximum Gasteiger partial charge on any atom is 0.277 e. The minimum Gasteiger partial charge on any atom is -0.351 e. The van der Waals surface area contributed by atoms with Gasteiger partial charge in [-0.05, 0) is 0 Å². The molecule has 0 saturated carbocycles. The van der Waals surface area contributed by atoms with Crippen LogP contribution in [0.4, 0.5) is 11.4 Å². The second-order valence-corrected chi connectivity index (χ2v) is 5.10. The molecule has 1 saturated heterocycles. The van der Waals surface area contributed by atoms with Gasteiger partial charge in [-0.3, -0.25) is 29.9 Å². The van der Waals surface area contributed by atoms with E-state index in [2.05, 4.69) is 15.5 Å². The van der Waals surface area contributed by atoms with Crippen LogP contribution < -0.4 is 10.6 Å². The lowest BCUT2D eigenvalue weighted by Gasteiger charge is -2.27. The Morgan fingerprint density at radius 1 is 1.13 bits per heavy atom. The van der Waals surface area contributed by atoms with Gasteiger partial charge >= 0.3 is 0 Å². The third-order valence-corrected chi connectivity index (χ3v) is 3.51. The molecule has 2 N–H and O–H groups in total. The van der Waals surface area contributed by atoms with Crippen molar-refractivity contribution in [2.75, 3.05) is 39.3 Å². The van der Waals surface area contributed by atoms with Crippen molar-refractivity contribution in [2.24, 2.45) is 0 Å². The molecule has 0 atom stereocenters. The average molecular weight is 323 g/mol. The molecule has 10 heteroatoms. The third kappa shape index (κ3) is 4.69. The molecule has 2 rings (SSSR count). The van der Waals surface area contributed by atoms with E-state index >= 15 is 0 Å². The molecule has 1 heterocycles. The molecule has 1 fully saturated rings. The van der Waals surface area contributed by atoms with E-state index in [1.54, 1.807) is 0 Å². The van der Waals surface area contributed by atoms with Gasteiger partial charge in [-0.1, -0.05) is 0 Å². The molecule has 0 aliphatic carbocycles. The van der Waals surface area contributed by atoms with Crippen LogP contribution in [-0.4, -0.2) is 59.9 Å². The summed E-state index contributed by atoms with van der Waals surface area (Å²) in [5, 5.41) is 27.5. The first-order valence-corrected chi connectivity index (χ1v) is 7.12. The van der Waals surface area contributed by atoms with Gasteiger partial charge in [0.1, 0.15) is 0 Å². The van der Waals surface area contributed by atoms with Crippen molar-refractivity contribution in [2.45, 2.75) is 0 Å². The second kappa shape index (κ2) is 7.61. The van der Waals surface area contributed by atoms with E-state index in [-0.39, 0.29) is 5.56 Å². The Morgan fingerprint density at radius 3 is 2.22 bits per heavy atom. The Morgan fingerprint density at radius 2 is 1.70 bits per heavy atom. The first-order valence-electron chi connectivity index (χ1n) is 7.12. The SMILES string of the molecule is O=C(NCCN1CCNCC1)c1cc([N+](=O)[O-])cc([N+](=O)[O-])c1. The van der Waals surface area contributed by atoms with Crippen LogP contribution in [-0.2, 0) is 0 Å². The van der Waals surface area contributed by atoms with E-state index in [1.807, 2.05) is 0 Å². The number of non-ortho nitro benzene ring substituents is 2. The zero-order valence-electron chi connectivity index (χ0n) is 12.4. The summed E-state index contributed by atoms with van der Waals surface area (Å²) in [6.07, 6.45) is 0. The molecule has 0 bridgehead atoms. The quantitative estimate of drug-likeness (QED) is 0.562. The molecule has 1 aromatic rings. The van der Waals surface area contributed by atoms with Crippen LogP contribution >= 0.6 is 0 Å². The van der Waals surface area contributed by atoms with E-state index in [4.69, 9.17) is 0 Å². The third-order valence-electron chi connectivity index (χ3n) is 3.51. The van der Waals surface area contributed by atoms with Crippen LogP contribution in [0, 0.1) is 20.2 Å². The van der Waals surface area contributed by atoms with Gasteiger partial charge in [0.25, 0.3) is 17.3 Å². The molecule has 10 nitrogen and oxygen atoms in total. The highest BCUT2D eigenvalue weighted by atomic mass is 16.6. The fraction of sp³-hybridized carbons (Fsp3) is 0.462. The van der Waals surface area contributed by atoms with Crippen molar-refractivity contribution in [1.29, 1.82) is 0 Å². The van der Waals surface area contributed by atoms with E-state index in [9.17, 15) is 25.0 Å². The topological polar surface area (TPSA) is 131 Å². The number of amides is 1. The lowest BCUT2D eigenvalue weighted by atomic mass is 10.1. The summed E-state index contributed by atoms with van der Waals surface area (Å²) in [5.74, 6) is -0.563. The summed E-state index contributed by atoms with van der Waals surface area (Å²) in [6, 6.07) is 2.90. The van der Waals surface area contributed by atoms with Crippen molar-refractivity contribution >= 4 is 17.3 Å². The van der Waals surface area contributed by atoms with Crippen LogP contribution in [0.1, 0.15) is 10.4 Å². The summed E-state index contributed by atoms with van der Waals surface area (Å²) in [7, 11) is 0. The number of hydrogen-bond donors (Lipinski definition) is 2. The number of nitro benzene ring substituents is 2. The fourth-order valence-electron chi connectivity index (χ4n) is 2.30. The molecule has 124 valence electrons. The number of carbonyl (C=O) groups excluding carboxylic acids is 1. The molecule has 1 amide bonds. The Kier molecular flexibility index (Phi) is 5.55. The Balaban J connectivity index is 2.00. The number of nitro groups is 2. The summed E-state index contributed by atoms with van der Waals surface area (Å²) in [5.41, 5.74) is -1.05. The van der Waals surface area contributed by atoms with E-state index in [0.29, 0.717) is 13.1 Å². The number of nitrogens with zero attached hydrogens (tertiary/aromatic N) is 3. The molecule has 0 unspecified atom stereocenters. The van der Waals surface area contributed by atoms with Crippen molar-refractivity contribution in [1.82, 2.24) is 15.5 Å². The minimum absolute atomic E-state index is 0.0915. The van der Waals surface area contributed by atoms with E-state index < -0.39 is 27.1 Å². The molecule has 0 aromatic heterocycles. The van der Waals surface area contributed by atoms with Crippen molar-refractivity contribution in [3.05, 3.63) is 44.0 Å². The second-order valence-electron chi connectivity index (χ2n) is 5.10. The zero-order chi connectivity index (χ0) is 16.8. The normalized spacial score (nSPS) is 15.1. The lowest BCUT2D eigenvalue weighted by Crippen LogP contribution is -2.46. The largest absolute Gasteiger partial charge is 0.351 e. The highest BCUT2D eigenvalue weighted by molar-refractivity contribution is 5.95. The minimum atomic E-state index is -0.759. The summed E-state index contributed by atoms with van der Waals surface area (Å²) < 4.78 is 0. The first-order chi connectivity index (χ1) is 11.0. The average Bonchev–Trinajstić information content (AvgIpc) is 2.55. The smallest absolute Gasteiger partial charge is 0.277 e. The molecular formula is C13H17N5O5. The number of hydrogen-bond acceptors (Lipinski definition) is 7. The summed E-state index contributed by atoms with van der Waals surface area (Å²) in [6.45, 7) is 4.59. The monoisotopic (exact) mass is 323 g/mol. The van der Waals surface area contributed by atoms with Gasteiger partial charge in [0.2, 0.25) is 0 Å². The first kappa shape index (κ1) is 16.8. The molecule has 23 heavy (non-hydrogen) atoms. The van der Waals surface area contributed by atoms with Crippen molar-refractivity contribution in [3.8, 4) is 0 Å². The molecule has 0 radical (unpaired) electrons. The van der Waals surface area contributed by atoms with Crippen molar-refractivity contribution < 1.29 is 14.6 Å². The van der Waals surface area contributed by atoms with Gasteiger partial charge in [0.15, 0.2) is 0 Å². The van der Waals surface area contributed by atoms with Gasteiger partial charge in [-0.2, -0.15) is 0 Å². The zero-order valence-corrected chi connectivity index (χ0v) is 12.4. The standard InChI is InChI=1S/C13H17N5O5/c19-13(15-3-6-16-4-1-14-2-5-16)10-7-11(17(20)21)9-12(8-10)18(22)23/h7-9,14H,1-6H2,(H,15,19). The summed E-state index contributed by atoms with van der Waals surface area (Å²) >= 11 is 0. The van der Waals surface area contributed by atoms with Gasteiger partial charge in [-0.15, -0.1) is 0 Å². The van der Waals surface area contributed by atoms with Crippen LogP contribution in [0.15, 0.2) is 18.2 Å². The number of nitrogens with one attached hydrogen (secondary N) is 2. The van der Waals surface area contributed by atoms with Crippen LogP contribution in [0.5, 0.6) is 0 Å². The van der Waals surface area contributed by atoms with Gasteiger partial charge in [0.05, 0.1) is 21.5 Å². The van der Waals surface area contributed by atoms with Gasteiger partial charge in [0, 0.05) is 51.4 Å². The van der Waals surface area contributed by atoms with Gasteiger partial charge in [-0.25, -0.2) is 0 Å². The highest BCUT2D eigenvalue weighted by Gasteiger charge is 2.20. The lowest BCUT2D eigenvalue weighted by molar-refractivity contribution is -0.394. The predicted molar refractivity (Wildman–Crippen MR) is 81.4 cm³/mol. The van der Waals surface area contributed by atoms with Crippen LogP contribution in [0.2, 0.25) is 0 Å². The number of piperazine rings is 1. The maximum atomic E-state index is 12.0. The Hall–Kier alpha value is -2.59. The predicted octanol–water partition coefficient (Wildman–Crippen LogP) is 0.138. The maximum absolute atomic E-state index is 12.0. The van der Waals surface area contributed by atoms with Crippen LogP contribution in [0.25, 0.3) is 0 Å². The number of carbonyl (C=O) groups is 1. The highest BCUT2D eigenvalue weighted by Crippen LogP contribution is 2.22.